The van der Waals surface area contributed by atoms with Crippen LogP contribution < -0.4 is 5.73 Å². The zero-order valence-electron chi connectivity index (χ0n) is 17.0. The molecule has 0 radical (unpaired) electrons. The second-order valence-electron chi connectivity index (χ2n) is 9.96. The number of hydrogen-bond donors (Lipinski definition) is 1. The Hall–Kier alpha value is -1.64. The quantitative estimate of drug-likeness (QED) is 0.414. The summed E-state index contributed by atoms with van der Waals surface area (Å²) in [6, 6.07) is 0. The number of hydrogen-bond acceptors (Lipinski definition) is 7. The maximum atomic E-state index is 11.2. The van der Waals surface area contributed by atoms with Crippen LogP contribution in [0.25, 0.3) is 0 Å². The van der Waals surface area contributed by atoms with Gasteiger partial charge in [0.25, 0.3) is 10.2 Å². The van der Waals surface area contributed by atoms with Gasteiger partial charge in [-0.05, 0) is 74.2 Å². The fourth-order valence-electron chi connectivity index (χ4n) is 8.08. The molecule has 4 aliphatic rings. The first-order valence-corrected chi connectivity index (χ1v) is 10.4. The number of rotatable bonds is 11. The third-order valence-corrected chi connectivity index (χ3v) is 7.65. The molecule has 4 bridgehead atoms. The van der Waals surface area contributed by atoms with Gasteiger partial charge in [0.2, 0.25) is 0 Å². The first-order valence-electron chi connectivity index (χ1n) is 10.4. The van der Waals surface area contributed by atoms with E-state index in [4.69, 9.17) is 10.6 Å². The van der Waals surface area contributed by atoms with Gasteiger partial charge in [0, 0.05) is 5.41 Å². The summed E-state index contributed by atoms with van der Waals surface area (Å²) >= 11 is 0. The second kappa shape index (κ2) is 7.31. The lowest BCUT2D eigenvalue weighted by atomic mass is 9.33. The van der Waals surface area contributed by atoms with Crippen molar-refractivity contribution in [2.24, 2.45) is 27.4 Å². The Morgan fingerprint density at radius 2 is 1.39 bits per heavy atom. The van der Waals surface area contributed by atoms with Gasteiger partial charge in [0.1, 0.15) is 12.7 Å². The number of nitrogens with zero attached hydrogens (tertiary/aromatic N) is 2. The van der Waals surface area contributed by atoms with Crippen LogP contribution in [0.15, 0.2) is 0 Å². The van der Waals surface area contributed by atoms with E-state index >= 15 is 0 Å². The minimum atomic E-state index is -0.938. The lowest BCUT2D eigenvalue weighted by Gasteiger charge is -2.72. The van der Waals surface area contributed by atoms with Gasteiger partial charge < -0.3 is 15.4 Å². The highest BCUT2D eigenvalue weighted by Crippen LogP contribution is 2.76. The molecule has 4 aliphatic carbocycles. The molecule has 3 unspecified atom stereocenters. The Morgan fingerprint density at radius 3 is 1.82 bits per heavy atom. The molecular formula is C19H33N3O6. The topological polar surface area (TPSA) is 131 Å². The van der Waals surface area contributed by atoms with Crippen LogP contribution in [-0.4, -0.2) is 29.4 Å². The second-order valence-corrected chi connectivity index (χ2v) is 9.96. The molecular weight excluding hydrogens is 366 g/mol. The van der Waals surface area contributed by atoms with Gasteiger partial charge in [-0.25, -0.2) is 0 Å². The SMILES string of the molecule is CCCC12CC3(CN)CC(CCC)(C1)CC(C(CO[N+](=O)[O-])O[N+](=O)[O-])(C3)C2. The van der Waals surface area contributed by atoms with Crippen molar-refractivity contribution in [3.63, 3.8) is 0 Å². The van der Waals surface area contributed by atoms with E-state index in [0.29, 0.717) is 6.54 Å². The maximum Gasteiger partial charge on any atom is 0.294 e. The zero-order valence-corrected chi connectivity index (χ0v) is 17.0. The van der Waals surface area contributed by atoms with Crippen LogP contribution in [0.3, 0.4) is 0 Å². The monoisotopic (exact) mass is 399 g/mol. The molecule has 4 saturated carbocycles. The van der Waals surface area contributed by atoms with E-state index in [1.807, 2.05) is 0 Å². The van der Waals surface area contributed by atoms with E-state index in [0.717, 1.165) is 64.2 Å². The van der Waals surface area contributed by atoms with Gasteiger partial charge in [-0.15, -0.1) is 20.2 Å². The Bertz CT molecular complexity index is 605. The van der Waals surface area contributed by atoms with E-state index in [1.54, 1.807) is 0 Å². The highest BCUT2D eigenvalue weighted by atomic mass is 17.0. The molecule has 28 heavy (non-hydrogen) atoms. The first-order chi connectivity index (χ1) is 13.2. The fraction of sp³-hybridized carbons (Fsp3) is 1.00. The molecule has 0 aliphatic heterocycles. The van der Waals surface area contributed by atoms with Crippen molar-refractivity contribution in [3.05, 3.63) is 20.2 Å². The molecule has 0 saturated heterocycles. The first kappa shape index (κ1) is 21.1. The Morgan fingerprint density at radius 1 is 0.893 bits per heavy atom. The van der Waals surface area contributed by atoms with Crippen LogP contribution in [0.1, 0.15) is 78.1 Å². The average Bonchev–Trinajstić information content (AvgIpc) is 2.56. The molecule has 0 amide bonds. The normalized spacial score (nSPS) is 39.5. The molecule has 2 N–H and O–H groups in total. The van der Waals surface area contributed by atoms with Crippen molar-refractivity contribution in [1.29, 1.82) is 0 Å². The third-order valence-electron chi connectivity index (χ3n) is 7.65. The molecule has 0 aromatic rings. The molecule has 4 fully saturated rings. The van der Waals surface area contributed by atoms with Crippen molar-refractivity contribution in [2.45, 2.75) is 84.2 Å². The summed E-state index contributed by atoms with van der Waals surface area (Å²) in [5.41, 5.74) is 5.92. The van der Waals surface area contributed by atoms with Gasteiger partial charge in [0.15, 0.2) is 0 Å². The van der Waals surface area contributed by atoms with Crippen LogP contribution >= 0.6 is 0 Å². The van der Waals surface area contributed by atoms with Crippen molar-refractivity contribution in [1.82, 2.24) is 0 Å². The third kappa shape index (κ3) is 3.65. The van der Waals surface area contributed by atoms with Crippen LogP contribution in [0.2, 0.25) is 0 Å². The van der Waals surface area contributed by atoms with Crippen molar-refractivity contribution < 1.29 is 19.8 Å². The van der Waals surface area contributed by atoms with Gasteiger partial charge in [-0.1, -0.05) is 26.7 Å². The van der Waals surface area contributed by atoms with Gasteiger partial charge in [0.05, 0.1) is 0 Å². The van der Waals surface area contributed by atoms with Crippen LogP contribution in [0, 0.1) is 41.9 Å². The Balaban J connectivity index is 2.04. The molecule has 0 aromatic carbocycles. The van der Waals surface area contributed by atoms with Crippen molar-refractivity contribution in [3.8, 4) is 0 Å². The smallest absolute Gasteiger partial charge is 0.294 e. The number of nitrogens with two attached hydrogens (primary N) is 1. The fourth-order valence-corrected chi connectivity index (χ4v) is 8.08. The minimum absolute atomic E-state index is 0.0636. The van der Waals surface area contributed by atoms with Crippen LogP contribution in [0.4, 0.5) is 0 Å². The standard InChI is InChI=1S/C19H33N3O6/c1-3-5-16-8-17(6-4-2)10-18(9-16,14-20)13-19(11-16,12-17)15(28-22(25)26)7-27-21(23)24/h15H,3-14,20H2,1-2H3. The summed E-state index contributed by atoms with van der Waals surface area (Å²) in [5, 5.41) is 20.3. The lowest BCUT2D eigenvalue weighted by Crippen LogP contribution is -2.66. The van der Waals surface area contributed by atoms with Crippen LogP contribution in [0.5, 0.6) is 0 Å². The average molecular weight is 399 g/mol. The van der Waals surface area contributed by atoms with Gasteiger partial charge in [-0.3, -0.25) is 0 Å². The highest BCUT2D eigenvalue weighted by molar-refractivity contribution is 5.19. The van der Waals surface area contributed by atoms with Crippen LogP contribution in [-0.2, 0) is 9.68 Å². The van der Waals surface area contributed by atoms with Gasteiger partial charge >= 0.3 is 0 Å². The van der Waals surface area contributed by atoms with E-state index in [1.165, 1.54) is 0 Å². The summed E-state index contributed by atoms with van der Waals surface area (Å²) in [6.07, 6.45) is 8.85. The zero-order chi connectivity index (χ0) is 20.6. The molecule has 0 heterocycles. The highest BCUT2D eigenvalue weighted by Gasteiger charge is 2.69. The Labute approximate surface area is 165 Å². The minimum Gasteiger partial charge on any atom is -0.330 e. The molecule has 160 valence electrons. The predicted molar refractivity (Wildman–Crippen MR) is 101 cm³/mol. The Kier molecular flexibility index (Phi) is 5.51. The molecule has 0 aromatic heterocycles. The van der Waals surface area contributed by atoms with Crippen molar-refractivity contribution >= 4 is 0 Å². The van der Waals surface area contributed by atoms with E-state index in [9.17, 15) is 20.2 Å². The molecule has 9 nitrogen and oxygen atoms in total. The summed E-state index contributed by atoms with van der Waals surface area (Å²) in [7, 11) is 0. The molecule has 3 atom stereocenters. The van der Waals surface area contributed by atoms with Crippen molar-refractivity contribution in [2.75, 3.05) is 13.2 Å². The largest absolute Gasteiger partial charge is 0.330 e. The summed E-state index contributed by atoms with van der Waals surface area (Å²) in [4.78, 5) is 31.7. The maximum absolute atomic E-state index is 11.2. The summed E-state index contributed by atoms with van der Waals surface area (Å²) in [6.45, 7) is 4.49. The molecule has 0 spiro atoms. The summed E-state index contributed by atoms with van der Waals surface area (Å²) in [5.74, 6) is 0. The molecule has 9 heteroatoms. The lowest BCUT2D eigenvalue weighted by molar-refractivity contribution is -0.794. The van der Waals surface area contributed by atoms with E-state index < -0.39 is 28.3 Å². The molecule has 4 rings (SSSR count). The van der Waals surface area contributed by atoms with E-state index in [2.05, 4.69) is 18.7 Å². The van der Waals surface area contributed by atoms with E-state index in [-0.39, 0.29) is 16.2 Å². The predicted octanol–water partition coefficient (Wildman–Crippen LogP) is 3.66. The summed E-state index contributed by atoms with van der Waals surface area (Å²) < 4.78 is 0. The van der Waals surface area contributed by atoms with Gasteiger partial charge in [-0.2, -0.15) is 0 Å².